The Hall–Kier alpha value is 0. The first kappa shape index (κ1) is 34.5. The van der Waals surface area contributed by atoms with Crippen molar-refractivity contribution in [3.63, 3.8) is 0 Å². The van der Waals surface area contributed by atoms with Crippen LogP contribution >= 0.6 is 0 Å². The summed E-state index contributed by atoms with van der Waals surface area (Å²) in [5.74, 6) is 0. The molecule has 0 aliphatic heterocycles. The summed E-state index contributed by atoms with van der Waals surface area (Å²) in [5.41, 5.74) is 1.24. The highest BCUT2D eigenvalue weighted by Crippen LogP contribution is 2.10. The molecule has 1 rings (SSSR count). The van der Waals surface area contributed by atoms with Gasteiger partial charge < -0.3 is 65.8 Å². The lowest BCUT2D eigenvalue weighted by Gasteiger charge is -2.33. The third-order valence-corrected chi connectivity index (χ3v) is 4.10. The smallest absolute Gasteiger partial charge is 0.104 e. The van der Waals surface area contributed by atoms with Gasteiger partial charge in [-0.05, 0) is 0 Å². The normalized spacial score (nSPS) is 10.5. The van der Waals surface area contributed by atoms with Crippen LogP contribution < -0.4 is 36.4 Å². The van der Waals surface area contributed by atoms with Crippen molar-refractivity contribution in [2.45, 2.75) is 14.0 Å². The standard InChI is InChI=1S/C12H20NO2.C6H16NO2.CH4.ClH.HI/c1-13(7-9-14,8-10-15)11-12-5-3-2-4-6-12;1-7(2,3-5-8)4-6-9;;;/h2-6,14-15H,7-11H2,1H3;8-9H,3-6H2,1-2H3;1H4;2*1H/q2*+1;;;/p-2. The van der Waals surface area contributed by atoms with Crippen molar-refractivity contribution in [3.05, 3.63) is 35.9 Å². The summed E-state index contributed by atoms with van der Waals surface area (Å²) in [7, 11) is 6.01. The fraction of sp³-hybridized carbons (Fsp3) is 0.684. The van der Waals surface area contributed by atoms with E-state index in [0.717, 1.165) is 6.54 Å². The molecule has 0 heterocycles. The van der Waals surface area contributed by atoms with Gasteiger partial charge >= 0.3 is 0 Å². The van der Waals surface area contributed by atoms with E-state index in [1.54, 1.807) is 0 Å². The second kappa shape index (κ2) is 19.3. The van der Waals surface area contributed by atoms with Crippen molar-refractivity contribution in [2.24, 2.45) is 0 Å². The van der Waals surface area contributed by atoms with Crippen molar-refractivity contribution in [1.29, 1.82) is 0 Å². The van der Waals surface area contributed by atoms with Crippen LogP contribution in [-0.2, 0) is 6.54 Å². The molecule has 0 aromatic heterocycles. The molecule has 164 valence electrons. The topological polar surface area (TPSA) is 80.9 Å². The third-order valence-electron chi connectivity index (χ3n) is 4.10. The fourth-order valence-corrected chi connectivity index (χ4v) is 2.43. The van der Waals surface area contributed by atoms with E-state index < -0.39 is 0 Å². The number of quaternary nitrogens is 2. The predicted molar refractivity (Wildman–Crippen MR) is 103 cm³/mol. The molecule has 0 atom stereocenters. The van der Waals surface area contributed by atoms with E-state index in [4.69, 9.17) is 20.4 Å². The molecule has 4 N–H and O–H groups in total. The second-order valence-electron chi connectivity index (χ2n) is 6.99. The lowest BCUT2D eigenvalue weighted by molar-refractivity contribution is -0.923. The van der Waals surface area contributed by atoms with Crippen LogP contribution in [0.5, 0.6) is 0 Å². The molecule has 0 aliphatic carbocycles. The molecule has 0 amide bonds. The first-order valence-corrected chi connectivity index (χ1v) is 8.45. The highest BCUT2D eigenvalue weighted by molar-refractivity contribution is 5.13. The third kappa shape index (κ3) is 17.8. The van der Waals surface area contributed by atoms with Crippen molar-refractivity contribution in [1.82, 2.24) is 0 Å². The Morgan fingerprint density at radius 3 is 1.41 bits per heavy atom. The van der Waals surface area contributed by atoms with Gasteiger partial charge in [-0.2, -0.15) is 0 Å². The molecule has 8 heteroatoms. The van der Waals surface area contributed by atoms with Gasteiger partial charge in [0.1, 0.15) is 32.7 Å². The van der Waals surface area contributed by atoms with E-state index in [1.165, 1.54) is 5.56 Å². The van der Waals surface area contributed by atoms with E-state index in [2.05, 4.69) is 19.2 Å². The maximum Gasteiger partial charge on any atom is 0.104 e. The van der Waals surface area contributed by atoms with Gasteiger partial charge in [-0.1, -0.05) is 37.8 Å². The molecule has 0 radical (unpaired) electrons. The number of benzene rings is 1. The summed E-state index contributed by atoms with van der Waals surface area (Å²) in [6.45, 7) is 4.31. The number of rotatable bonds is 10. The highest BCUT2D eigenvalue weighted by atomic mass is 127. The molecule has 6 nitrogen and oxygen atoms in total. The fourth-order valence-electron chi connectivity index (χ4n) is 2.43. The van der Waals surface area contributed by atoms with E-state index in [1.807, 2.05) is 32.3 Å². The predicted octanol–water partition coefficient (Wildman–Crippen LogP) is -5.69. The van der Waals surface area contributed by atoms with Gasteiger partial charge in [-0.15, -0.1) is 0 Å². The quantitative estimate of drug-likeness (QED) is 0.182. The zero-order valence-electron chi connectivity index (χ0n) is 16.2. The Morgan fingerprint density at radius 2 is 1.07 bits per heavy atom. The van der Waals surface area contributed by atoms with Crippen molar-refractivity contribution in [2.75, 3.05) is 73.7 Å². The van der Waals surface area contributed by atoms with Gasteiger partial charge in [0.05, 0.1) is 47.6 Å². The monoisotopic (exact) mass is 522 g/mol. The van der Waals surface area contributed by atoms with E-state index >= 15 is 0 Å². The minimum absolute atomic E-state index is 0. The van der Waals surface area contributed by atoms with Gasteiger partial charge in [0, 0.05) is 5.56 Å². The summed E-state index contributed by atoms with van der Waals surface area (Å²) in [5, 5.41) is 35.1. The molecule has 0 saturated carbocycles. The van der Waals surface area contributed by atoms with E-state index in [0.29, 0.717) is 35.1 Å². The molecule has 1 aromatic rings. The average molecular weight is 523 g/mol. The van der Waals surface area contributed by atoms with Crippen LogP contribution in [0.15, 0.2) is 30.3 Å². The average Bonchev–Trinajstić information content (AvgIpc) is 2.49. The largest absolute Gasteiger partial charge is 1.00 e. The lowest BCUT2D eigenvalue weighted by atomic mass is 10.2. The van der Waals surface area contributed by atoms with E-state index in [-0.39, 0.29) is 70.2 Å². The molecule has 27 heavy (non-hydrogen) atoms. The number of aliphatic hydroxyl groups is 4. The maximum atomic E-state index is 9.01. The van der Waals surface area contributed by atoms with Crippen LogP contribution in [0, 0.1) is 0 Å². The second-order valence-corrected chi connectivity index (χ2v) is 6.99. The van der Waals surface area contributed by atoms with Crippen LogP contribution in [0.2, 0.25) is 0 Å². The number of hydrogen-bond donors (Lipinski definition) is 4. The summed E-state index contributed by atoms with van der Waals surface area (Å²) in [6.07, 6.45) is 0. The molecule has 0 fully saturated rings. The number of halogens is 2. The Balaban J connectivity index is -0.000000195. The Bertz CT molecular complexity index is 411. The first-order chi connectivity index (χ1) is 11.3. The van der Waals surface area contributed by atoms with Crippen molar-refractivity contribution < 1.29 is 65.8 Å². The van der Waals surface area contributed by atoms with Crippen LogP contribution in [0.1, 0.15) is 13.0 Å². The zero-order valence-corrected chi connectivity index (χ0v) is 19.1. The molecule has 0 aliphatic rings. The Labute approximate surface area is 189 Å². The van der Waals surface area contributed by atoms with E-state index in [9.17, 15) is 0 Å². The summed E-state index contributed by atoms with van der Waals surface area (Å²) < 4.78 is 1.37. The minimum atomic E-state index is 0. The van der Waals surface area contributed by atoms with Crippen molar-refractivity contribution in [3.8, 4) is 0 Å². The van der Waals surface area contributed by atoms with Crippen LogP contribution in [-0.4, -0.2) is 103 Å². The van der Waals surface area contributed by atoms with Gasteiger partial charge in [-0.25, -0.2) is 0 Å². The maximum absolute atomic E-state index is 9.01. The molecular weight excluding hydrogens is 483 g/mol. The number of aliphatic hydroxyl groups excluding tert-OH is 4. The Morgan fingerprint density at radius 1 is 0.704 bits per heavy atom. The summed E-state index contributed by atoms with van der Waals surface area (Å²) >= 11 is 0. The van der Waals surface area contributed by atoms with Gasteiger partial charge in [-0.3, -0.25) is 0 Å². The van der Waals surface area contributed by atoms with Gasteiger partial charge in [0.15, 0.2) is 0 Å². The minimum Gasteiger partial charge on any atom is -1.00 e. The van der Waals surface area contributed by atoms with Gasteiger partial charge in [0.25, 0.3) is 0 Å². The SMILES string of the molecule is C.C[N+](C)(CCO)CCO.C[N+](CCO)(CCO)Cc1ccccc1.[Cl-].[I-]. The number of nitrogens with zero attached hydrogens (tertiary/aromatic N) is 2. The molecule has 0 saturated heterocycles. The first-order valence-electron chi connectivity index (χ1n) is 8.45. The van der Waals surface area contributed by atoms with Crippen LogP contribution in [0.3, 0.4) is 0 Å². The Kier molecular flexibility index (Phi) is 24.7. The zero-order chi connectivity index (χ0) is 18.5. The lowest BCUT2D eigenvalue weighted by Crippen LogP contribution is -3.00. The van der Waals surface area contributed by atoms with Gasteiger partial charge in [0.2, 0.25) is 0 Å². The highest BCUT2D eigenvalue weighted by Gasteiger charge is 2.20. The molecule has 0 spiro atoms. The van der Waals surface area contributed by atoms with Crippen LogP contribution in [0.25, 0.3) is 0 Å². The molecule has 1 aromatic carbocycles. The summed E-state index contributed by atoms with van der Waals surface area (Å²) in [6, 6.07) is 10.2. The number of hydrogen-bond acceptors (Lipinski definition) is 4. The molecule has 0 unspecified atom stereocenters. The number of likely N-dealkylation sites (N-methyl/N-ethyl adjacent to an activating group) is 2. The molecular formula is C19H40ClIN2O4. The van der Waals surface area contributed by atoms with Crippen LogP contribution in [0.4, 0.5) is 0 Å². The summed E-state index contributed by atoms with van der Waals surface area (Å²) in [4.78, 5) is 0. The molecule has 0 bridgehead atoms. The van der Waals surface area contributed by atoms with Crippen molar-refractivity contribution >= 4 is 0 Å².